The lowest BCUT2D eigenvalue weighted by Gasteiger charge is -2.26. The van der Waals surface area contributed by atoms with E-state index in [1.54, 1.807) is 0 Å². The molecule has 2 rings (SSSR count). The molecule has 0 radical (unpaired) electrons. The predicted molar refractivity (Wildman–Crippen MR) is 78.3 cm³/mol. The first-order chi connectivity index (χ1) is 10.3. The van der Waals surface area contributed by atoms with Crippen LogP contribution in [0.15, 0.2) is 12.1 Å². The normalized spacial score (nSPS) is 19.6. The fraction of sp³-hybridized carbons (Fsp3) is 0.357. The van der Waals surface area contributed by atoms with Gasteiger partial charge < -0.3 is 4.90 Å². The summed E-state index contributed by atoms with van der Waals surface area (Å²) in [5.41, 5.74) is -0.439. The number of hydrogen-bond acceptors (Lipinski definition) is 3. The van der Waals surface area contributed by atoms with Crippen molar-refractivity contribution in [1.82, 2.24) is 4.90 Å². The molecular formula is C14H12ClF2NO3S. The van der Waals surface area contributed by atoms with Crippen molar-refractivity contribution in [2.45, 2.75) is 12.5 Å². The summed E-state index contributed by atoms with van der Waals surface area (Å²) in [6.07, 6.45) is 5.43. The van der Waals surface area contributed by atoms with Gasteiger partial charge in [-0.15, -0.1) is 6.42 Å². The van der Waals surface area contributed by atoms with Crippen LogP contribution in [0.2, 0.25) is 5.02 Å². The average Bonchev–Trinajstić information content (AvgIpc) is 2.81. The highest BCUT2D eigenvalue weighted by molar-refractivity contribution is 7.91. The lowest BCUT2D eigenvalue weighted by Crippen LogP contribution is -2.41. The van der Waals surface area contributed by atoms with E-state index in [4.69, 9.17) is 18.0 Å². The fourth-order valence-corrected chi connectivity index (χ4v) is 4.23. The summed E-state index contributed by atoms with van der Waals surface area (Å²) in [7, 11) is -3.24. The van der Waals surface area contributed by atoms with Gasteiger partial charge in [0.15, 0.2) is 15.7 Å². The molecule has 1 fully saturated rings. The molecule has 4 nitrogen and oxygen atoms in total. The topological polar surface area (TPSA) is 54.5 Å². The SMILES string of the molecule is C#CCN(C(=O)c1ccc(F)c(Cl)c1F)[C@@H]1CCS(=O)(=O)C1. The molecule has 1 atom stereocenters. The number of sulfone groups is 1. The van der Waals surface area contributed by atoms with Gasteiger partial charge in [0.05, 0.1) is 23.6 Å². The molecule has 1 aromatic carbocycles. The van der Waals surface area contributed by atoms with Crippen molar-refractivity contribution < 1.29 is 22.0 Å². The number of amides is 1. The molecule has 0 spiro atoms. The van der Waals surface area contributed by atoms with Crippen LogP contribution >= 0.6 is 11.6 Å². The Morgan fingerprint density at radius 3 is 2.68 bits per heavy atom. The van der Waals surface area contributed by atoms with Crippen LogP contribution in [0.25, 0.3) is 0 Å². The molecule has 1 aliphatic rings. The number of benzene rings is 1. The summed E-state index contributed by atoms with van der Waals surface area (Å²) in [6, 6.07) is 1.21. The summed E-state index contributed by atoms with van der Waals surface area (Å²) in [5.74, 6) is -1.01. The van der Waals surface area contributed by atoms with Crippen LogP contribution in [0, 0.1) is 24.0 Å². The van der Waals surface area contributed by atoms with Crippen LogP contribution in [0.5, 0.6) is 0 Å². The largest absolute Gasteiger partial charge is 0.323 e. The molecule has 1 amide bonds. The minimum atomic E-state index is -3.24. The third-order valence-electron chi connectivity index (χ3n) is 3.44. The Bertz CT molecular complexity index is 758. The van der Waals surface area contributed by atoms with E-state index >= 15 is 0 Å². The summed E-state index contributed by atoms with van der Waals surface area (Å²) in [6.45, 7) is -0.173. The van der Waals surface area contributed by atoms with Crippen LogP contribution in [0.3, 0.4) is 0 Å². The highest BCUT2D eigenvalue weighted by Crippen LogP contribution is 2.25. The Kier molecular flexibility index (Phi) is 4.73. The van der Waals surface area contributed by atoms with E-state index in [0.29, 0.717) is 0 Å². The molecule has 22 heavy (non-hydrogen) atoms. The van der Waals surface area contributed by atoms with Gasteiger partial charge in [0.2, 0.25) is 0 Å². The van der Waals surface area contributed by atoms with Gasteiger partial charge in [0.1, 0.15) is 10.8 Å². The number of halogens is 3. The van der Waals surface area contributed by atoms with Crippen LogP contribution in [0.1, 0.15) is 16.8 Å². The van der Waals surface area contributed by atoms with E-state index in [2.05, 4.69) is 5.92 Å². The molecule has 1 heterocycles. The van der Waals surface area contributed by atoms with E-state index in [9.17, 15) is 22.0 Å². The Balaban J connectivity index is 2.36. The summed E-state index contributed by atoms with van der Waals surface area (Å²) in [4.78, 5) is 13.5. The van der Waals surface area contributed by atoms with Crippen molar-refractivity contribution in [2.75, 3.05) is 18.1 Å². The first-order valence-electron chi connectivity index (χ1n) is 6.35. The number of carbonyl (C=O) groups is 1. The monoisotopic (exact) mass is 347 g/mol. The van der Waals surface area contributed by atoms with Gasteiger partial charge in [0, 0.05) is 6.04 Å². The smallest absolute Gasteiger partial charge is 0.257 e. The fourth-order valence-electron chi connectivity index (χ4n) is 2.33. The second-order valence-electron chi connectivity index (χ2n) is 4.92. The Hall–Kier alpha value is -1.65. The third-order valence-corrected chi connectivity index (χ3v) is 5.53. The minimum absolute atomic E-state index is 0.0569. The minimum Gasteiger partial charge on any atom is -0.323 e. The quantitative estimate of drug-likeness (QED) is 0.619. The van der Waals surface area contributed by atoms with Crippen molar-refractivity contribution in [3.63, 3.8) is 0 Å². The zero-order chi connectivity index (χ0) is 16.5. The maximum Gasteiger partial charge on any atom is 0.257 e. The van der Waals surface area contributed by atoms with Gasteiger partial charge in [-0.1, -0.05) is 17.5 Å². The maximum atomic E-state index is 14.0. The number of hydrogen-bond donors (Lipinski definition) is 0. The van der Waals surface area contributed by atoms with Gasteiger partial charge in [0.25, 0.3) is 5.91 Å². The molecule has 0 unspecified atom stereocenters. The molecule has 118 valence electrons. The zero-order valence-corrected chi connectivity index (χ0v) is 12.9. The second kappa shape index (κ2) is 6.23. The second-order valence-corrected chi connectivity index (χ2v) is 7.52. The van der Waals surface area contributed by atoms with Crippen molar-refractivity contribution in [3.8, 4) is 12.3 Å². The first kappa shape index (κ1) is 16.7. The summed E-state index contributed by atoms with van der Waals surface area (Å²) < 4.78 is 50.2. The average molecular weight is 348 g/mol. The van der Waals surface area contributed by atoms with Gasteiger partial charge in [-0.3, -0.25) is 4.79 Å². The standard InChI is InChI=1S/C14H12ClF2NO3S/c1-2-6-18(9-5-7-22(20,21)8-9)14(19)10-3-4-11(16)12(15)13(10)17/h1,3-4,9H,5-8H2/t9-/m1/s1. The molecule has 1 aromatic rings. The van der Waals surface area contributed by atoms with Crippen molar-refractivity contribution in [1.29, 1.82) is 0 Å². The van der Waals surface area contributed by atoms with E-state index in [-0.39, 0.29) is 24.5 Å². The Morgan fingerprint density at radius 1 is 1.45 bits per heavy atom. The van der Waals surface area contributed by atoms with Gasteiger partial charge in [-0.2, -0.15) is 0 Å². The third kappa shape index (κ3) is 3.23. The van der Waals surface area contributed by atoms with Crippen LogP contribution in [-0.2, 0) is 9.84 Å². The van der Waals surface area contributed by atoms with E-state index < -0.39 is 44.0 Å². The Morgan fingerprint density at radius 2 is 2.14 bits per heavy atom. The molecule has 8 heteroatoms. The highest BCUT2D eigenvalue weighted by Gasteiger charge is 2.35. The number of rotatable bonds is 3. The molecule has 0 bridgehead atoms. The van der Waals surface area contributed by atoms with Gasteiger partial charge in [-0.05, 0) is 18.6 Å². The van der Waals surface area contributed by atoms with E-state index in [1.807, 2.05) is 0 Å². The van der Waals surface area contributed by atoms with Crippen LogP contribution in [-0.4, -0.2) is 43.3 Å². The molecule has 1 saturated heterocycles. The summed E-state index contributed by atoms with van der Waals surface area (Å²) in [5, 5.41) is -0.787. The molecule has 0 saturated carbocycles. The predicted octanol–water partition coefficient (Wildman–Crippen LogP) is 1.88. The highest BCUT2D eigenvalue weighted by atomic mass is 35.5. The van der Waals surface area contributed by atoms with Crippen LogP contribution < -0.4 is 0 Å². The maximum absolute atomic E-state index is 14.0. The first-order valence-corrected chi connectivity index (χ1v) is 8.55. The Labute approximate surface area is 132 Å². The molecule has 1 aliphatic heterocycles. The number of terminal acetylenes is 1. The lowest BCUT2D eigenvalue weighted by molar-refractivity contribution is 0.0719. The van der Waals surface area contributed by atoms with Crippen LogP contribution in [0.4, 0.5) is 8.78 Å². The van der Waals surface area contributed by atoms with Gasteiger partial charge >= 0.3 is 0 Å². The molecule has 0 aromatic heterocycles. The van der Waals surface area contributed by atoms with Crippen molar-refractivity contribution >= 4 is 27.3 Å². The molecular weight excluding hydrogens is 336 g/mol. The molecule has 0 N–H and O–H groups in total. The zero-order valence-electron chi connectivity index (χ0n) is 11.4. The van der Waals surface area contributed by atoms with Gasteiger partial charge in [-0.25, -0.2) is 17.2 Å². The summed E-state index contributed by atoms with van der Waals surface area (Å²) >= 11 is 5.46. The number of nitrogens with zero attached hydrogens (tertiary/aromatic N) is 1. The molecule has 0 aliphatic carbocycles. The lowest BCUT2D eigenvalue weighted by atomic mass is 10.1. The number of carbonyl (C=O) groups excluding carboxylic acids is 1. The van der Waals surface area contributed by atoms with Crippen molar-refractivity contribution in [2.24, 2.45) is 0 Å². The van der Waals surface area contributed by atoms with E-state index in [0.717, 1.165) is 17.0 Å². The van der Waals surface area contributed by atoms with Crippen molar-refractivity contribution in [3.05, 3.63) is 34.4 Å². The van der Waals surface area contributed by atoms with E-state index in [1.165, 1.54) is 0 Å².